The Morgan fingerprint density at radius 1 is 1.47 bits per heavy atom. The van der Waals surface area contributed by atoms with E-state index in [1.165, 1.54) is 0 Å². The summed E-state index contributed by atoms with van der Waals surface area (Å²) in [5, 5.41) is 14.0. The van der Waals surface area contributed by atoms with E-state index < -0.39 is 5.97 Å². The van der Waals surface area contributed by atoms with Gasteiger partial charge in [0, 0.05) is 32.4 Å². The largest absolute Gasteiger partial charge is 0.481 e. The first-order valence-electron chi connectivity index (χ1n) is 6.18. The number of amides is 2. The molecule has 1 rings (SSSR count). The van der Waals surface area contributed by atoms with Crippen molar-refractivity contribution in [2.45, 2.75) is 26.3 Å². The Kier molecular flexibility index (Phi) is 5.84. The van der Waals surface area contributed by atoms with Crippen molar-refractivity contribution in [2.24, 2.45) is 13.0 Å². The molecule has 7 nitrogen and oxygen atoms in total. The van der Waals surface area contributed by atoms with Crippen LogP contribution >= 0.6 is 0 Å². The summed E-state index contributed by atoms with van der Waals surface area (Å²) >= 11 is 0. The number of aliphatic carboxylic acids is 1. The number of nitrogens with zero attached hydrogens (tertiary/aromatic N) is 2. The number of carboxylic acid groups (broad SMARTS) is 1. The zero-order valence-corrected chi connectivity index (χ0v) is 11.2. The molecule has 1 aromatic rings. The molecule has 106 valence electrons. The number of nitrogens with one attached hydrogen (secondary N) is 2. The summed E-state index contributed by atoms with van der Waals surface area (Å²) in [6, 6.07) is -0.273. The SMILES string of the molecule is CC(CCC(=O)O)CNC(=O)NCc1nccn1C. The van der Waals surface area contributed by atoms with Crippen LogP contribution in [0.4, 0.5) is 4.79 Å². The molecule has 0 aliphatic carbocycles. The minimum absolute atomic E-state index is 0.123. The summed E-state index contributed by atoms with van der Waals surface area (Å²) in [5.74, 6) is 0.0928. The van der Waals surface area contributed by atoms with E-state index in [1.807, 2.05) is 24.7 Å². The lowest BCUT2D eigenvalue weighted by atomic mass is 10.1. The number of carbonyl (C=O) groups excluding carboxylic acids is 1. The Bertz CT molecular complexity index is 430. The Morgan fingerprint density at radius 3 is 2.79 bits per heavy atom. The Hall–Kier alpha value is -2.05. The van der Waals surface area contributed by atoms with Crippen molar-refractivity contribution in [3.05, 3.63) is 18.2 Å². The van der Waals surface area contributed by atoms with Gasteiger partial charge in [-0.1, -0.05) is 6.92 Å². The first-order chi connectivity index (χ1) is 8.99. The van der Waals surface area contributed by atoms with Crippen molar-refractivity contribution in [1.82, 2.24) is 20.2 Å². The standard InChI is InChI=1S/C12H20N4O3/c1-9(3-4-11(17)18)7-14-12(19)15-8-10-13-5-6-16(10)2/h5-6,9H,3-4,7-8H2,1-2H3,(H,17,18)(H2,14,15,19). The van der Waals surface area contributed by atoms with Gasteiger partial charge in [-0.05, 0) is 12.3 Å². The monoisotopic (exact) mass is 268 g/mol. The van der Waals surface area contributed by atoms with Gasteiger partial charge in [0.2, 0.25) is 0 Å². The predicted octanol–water partition coefficient (Wildman–Crippen LogP) is 0.720. The van der Waals surface area contributed by atoms with Crippen LogP contribution in [0.1, 0.15) is 25.6 Å². The number of carboxylic acids is 1. The molecule has 3 N–H and O–H groups in total. The molecule has 1 aromatic heterocycles. The molecule has 2 amide bonds. The first-order valence-corrected chi connectivity index (χ1v) is 6.18. The van der Waals surface area contributed by atoms with E-state index >= 15 is 0 Å². The lowest BCUT2D eigenvalue weighted by molar-refractivity contribution is -0.137. The predicted molar refractivity (Wildman–Crippen MR) is 69.5 cm³/mol. The molecule has 1 heterocycles. The maximum atomic E-state index is 11.5. The number of carbonyl (C=O) groups is 2. The number of hydrogen-bond donors (Lipinski definition) is 3. The van der Waals surface area contributed by atoms with Gasteiger partial charge < -0.3 is 20.3 Å². The van der Waals surface area contributed by atoms with Crippen LogP contribution in [0.25, 0.3) is 0 Å². The van der Waals surface area contributed by atoms with Crippen molar-refractivity contribution >= 4 is 12.0 Å². The summed E-state index contributed by atoms with van der Waals surface area (Å²) < 4.78 is 1.83. The lowest BCUT2D eigenvalue weighted by Gasteiger charge is -2.12. The van der Waals surface area contributed by atoms with Gasteiger partial charge in [0.1, 0.15) is 5.82 Å². The van der Waals surface area contributed by atoms with Gasteiger partial charge in [0.25, 0.3) is 0 Å². The van der Waals surface area contributed by atoms with Crippen LogP contribution in [0.5, 0.6) is 0 Å². The zero-order valence-electron chi connectivity index (χ0n) is 11.2. The second-order valence-electron chi connectivity index (χ2n) is 4.56. The van der Waals surface area contributed by atoms with Gasteiger partial charge in [0.05, 0.1) is 6.54 Å². The molecular weight excluding hydrogens is 248 g/mol. The van der Waals surface area contributed by atoms with Gasteiger partial charge in [-0.15, -0.1) is 0 Å². The molecule has 0 radical (unpaired) electrons. The van der Waals surface area contributed by atoms with Crippen molar-refractivity contribution in [2.75, 3.05) is 6.54 Å². The fraction of sp³-hybridized carbons (Fsp3) is 0.583. The molecule has 0 fully saturated rings. The fourth-order valence-electron chi connectivity index (χ4n) is 1.53. The van der Waals surface area contributed by atoms with Crippen molar-refractivity contribution in [1.29, 1.82) is 0 Å². The smallest absolute Gasteiger partial charge is 0.315 e. The van der Waals surface area contributed by atoms with E-state index in [-0.39, 0.29) is 18.4 Å². The topological polar surface area (TPSA) is 96.2 Å². The van der Waals surface area contributed by atoms with Gasteiger partial charge in [-0.25, -0.2) is 9.78 Å². The molecule has 0 aliphatic heterocycles. The maximum Gasteiger partial charge on any atom is 0.315 e. The number of urea groups is 1. The number of aromatic nitrogens is 2. The highest BCUT2D eigenvalue weighted by Gasteiger charge is 2.08. The highest BCUT2D eigenvalue weighted by atomic mass is 16.4. The quantitative estimate of drug-likeness (QED) is 0.679. The number of imidazole rings is 1. The van der Waals surface area contributed by atoms with Crippen LogP contribution in [-0.4, -0.2) is 33.2 Å². The molecule has 0 aromatic carbocycles. The zero-order chi connectivity index (χ0) is 14.3. The molecule has 19 heavy (non-hydrogen) atoms. The van der Waals surface area contributed by atoms with Crippen molar-refractivity contribution < 1.29 is 14.7 Å². The Labute approximate surface area is 112 Å². The van der Waals surface area contributed by atoms with Crippen molar-refractivity contribution in [3.8, 4) is 0 Å². The minimum atomic E-state index is -0.814. The highest BCUT2D eigenvalue weighted by Crippen LogP contribution is 2.03. The fourth-order valence-corrected chi connectivity index (χ4v) is 1.53. The second-order valence-corrected chi connectivity index (χ2v) is 4.56. The van der Waals surface area contributed by atoms with Crippen LogP contribution < -0.4 is 10.6 Å². The molecule has 0 bridgehead atoms. The molecule has 0 saturated heterocycles. The van der Waals surface area contributed by atoms with Crippen LogP contribution in [0.2, 0.25) is 0 Å². The van der Waals surface area contributed by atoms with Crippen LogP contribution in [0.3, 0.4) is 0 Å². The third kappa shape index (κ3) is 5.89. The van der Waals surface area contributed by atoms with E-state index in [1.54, 1.807) is 6.20 Å². The van der Waals surface area contributed by atoms with Gasteiger partial charge in [0.15, 0.2) is 0 Å². The summed E-state index contributed by atoms with van der Waals surface area (Å²) in [4.78, 5) is 26.0. The second kappa shape index (κ2) is 7.40. The summed E-state index contributed by atoms with van der Waals surface area (Å²) in [6.45, 7) is 2.72. The third-order valence-electron chi connectivity index (χ3n) is 2.79. The third-order valence-corrected chi connectivity index (χ3v) is 2.79. The van der Waals surface area contributed by atoms with E-state index in [2.05, 4.69) is 15.6 Å². The normalized spacial score (nSPS) is 11.9. The highest BCUT2D eigenvalue weighted by molar-refractivity contribution is 5.73. The van der Waals surface area contributed by atoms with E-state index in [0.717, 1.165) is 5.82 Å². The van der Waals surface area contributed by atoms with E-state index in [9.17, 15) is 9.59 Å². The van der Waals surface area contributed by atoms with Crippen LogP contribution in [0, 0.1) is 5.92 Å². The van der Waals surface area contributed by atoms with E-state index in [0.29, 0.717) is 19.5 Å². The number of hydrogen-bond acceptors (Lipinski definition) is 3. The average Bonchev–Trinajstić information content (AvgIpc) is 2.77. The molecule has 7 heteroatoms. The number of aryl methyl sites for hydroxylation is 1. The summed E-state index contributed by atoms with van der Waals surface area (Å²) in [5.41, 5.74) is 0. The lowest BCUT2D eigenvalue weighted by Crippen LogP contribution is -2.38. The van der Waals surface area contributed by atoms with Crippen LogP contribution in [-0.2, 0) is 18.4 Å². The minimum Gasteiger partial charge on any atom is -0.481 e. The molecule has 0 spiro atoms. The Balaban J connectivity index is 2.17. The van der Waals surface area contributed by atoms with Gasteiger partial charge in [-0.2, -0.15) is 0 Å². The number of rotatable bonds is 7. The van der Waals surface area contributed by atoms with Gasteiger partial charge >= 0.3 is 12.0 Å². The molecule has 0 saturated carbocycles. The van der Waals surface area contributed by atoms with Gasteiger partial charge in [-0.3, -0.25) is 4.79 Å². The van der Waals surface area contributed by atoms with Crippen molar-refractivity contribution in [3.63, 3.8) is 0 Å². The average molecular weight is 268 g/mol. The molecule has 1 unspecified atom stereocenters. The molecule has 1 atom stereocenters. The summed E-state index contributed by atoms with van der Waals surface area (Å²) in [7, 11) is 1.86. The summed E-state index contributed by atoms with van der Waals surface area (Å²) in [6.07, 6.45) is 4.15. The molecule has 0 aliphatic rings. The first kappa shape index (κ1) is 15.0. The molecular formula is C12H20N4O3. The maximum absolute atomic E-state index is 11.5. The van der Waals surface area contributed by atoms with E-state index in [4.69, 9.17) is 5.11 Å². The van der Waals surface area contributed by atoms with Crippen LogP contribution in [0.15, 0.2) is 12.4 Å². The Morgan fingerprint density at radius 2 is 2.21 bits per heavy atom.